The summed E-state index contributed by atoms with van der Waals surface area (Å²) in [5, 5.41) is 5.68. The Morgan fingerprint density at radius 2 is 1.90 bits per heavy atom. The summed E-state index contributed by atoms with van der Waals surface area (Å²) in [7, 11) is 0. The molecule has 0 spiro atoms. The van der Waals surface area contributed by atoms with Gasteiger partial charge in [-0.3, -0.25) is 14.4 Å². The number of hydrogen-bond acceptors (Lipinski definition) is 4. The second kappa shape index (κ2) is 8.87. The van der Waals surface area contributed by atoms with Crippen LogP contribution in [0.25, 0.3) is 0 Å². The molecule has 0 saturated heterocycles. The number of nitrogens with zero attached hydrogens (tertiary/aromatic N) is 1. The Morgan fingerprint density at radius 3 is 2.68 bits per heavy atom. The Hall–Kier alpha value is -3.87. The Labute approximate surface area is 180 Å². The third-order valence-corrected chi connectivity index (χ3v) is 5.22. The molecule has 2 N–H and O–H groups in total. The van der Waals surface area contributed by atoms with Crippen molar-refractivity contribution in [1.29, 1.82) is 0 Å². The first-order chi connectivity index (χ1) is 15.0. The number of hydrogen-bond donors (Lipinski definition) is 2. The molecule has 1 aliphatic rings. The number of carbonyl (C=O) groups excluding carboxylic acids is 3. The summed E-state index contributed by atoms with van der Waals surface area (Å²) in [5.74, 6) is -0.197. The highest BCUT2D eigenvalue weighted by atomic mass is 16.3. The number of fused-ring (bicyclic) bond motifs is 1. The molecule has 3 amide bonds. The third-order valence-electron chi connectivity index (χ3n) is 5.22. The van der Waals surface area contributed by atoms with E-state index in [1.165, 1.54) is 6.26 Å². The van der Waals surface area contributed by atoms with Gasteiger partial charge in [-0.1, -0.05) is 19.1 Å². The van der Waals surface area contributed by atoms with Crippen molar-refractivity contribution in [2.24, 2.45) is 0 Å². The summed E-state index contributed by atoms with van der Waals surface area (Å²) in [6.07, 6.45) is 2.65. The van der Waals surface area contributed by atoms with Crippen LogP contribution in [0.1, 0.15) is 45.4 Å². The van der Waals surface area contributed by atoms with Crippen molar-refractivity contribution in [3.8, 4) is 0 Å². The zero-order chi connectivity index (χ0) is 21.8. The lowest BCUT2D eigenvalue weighted by Crippen LogP contribution is -2.27. The van der Waals surface area contributed by atoms with Crippen molar-refractivity contribution in [1.82, 2.24) is 5.32 Å². The molecule has 2 aromatic carbocycles. The standard InChI is InChI=1S/C24H23N3O4/c1-2-22(28)27-11-10-17-14-18(8-9-20(17)27)23(29)25-15-16-5-3-6-19(13-16)26-24(30)21-7-4-12-31-21/h3-9,12-14H,2,10-11,15H2,1H3,(H,25,29)(H,26,30). The van der Waals surface area contributed by atoms with Gasteiger partial charge in [-0.2, -0.15) is 0 Å². The summed E-state index contributed by atoms with van der Waals surface area (Å²) in [4.78, 5) is 38.6. The lowest BCUT2D eigenvalue weighted by atomic mass is 10.1. The number of anilines is 2. The highest BCUT2D eigenvalue weighted by Crippen LogP contribution is 2.29. The fourth-order valence-corrected chi connectivity index (χ4v) is 3.64. The molecule has 0 saturated carbocycles. The van der Waals surface area contributed by atoms with E-state index in [4.69, 9.17) is 4.42 Å². The summed E-state index contributed by atoms with van der Waals surface area (Å²) in [5.41, 5.74) is 3.94. The monoisotopic (exact) mass is 417 g/mol. The molecule has 0 aliphatic carbocycles. The van der Waals surface area contributed by atoms with E-state index in [1.807, 2.05) is 31.2 Å². The van der Waals surface area contributed by atoms with E-state index in [2.05, 4.69) is 10.6 Å². The molecule has 2 heterocycles. The number of benzene rings is 2. The van der Waals surface area contributed by atoms with Crippen LogP contribution in [0.4, 0.5) is 11.4 Å². The average molecular weight is 417 g/mol. The minimum Gasteiger partial charge on any atom is -0.459 e. The van der Waals surface area contributed by atoms with E-state index < -0.39 is 0 Å². The molecule has 31 heavy (non-hydrogen) atoms. The van der Waals surface area contributed by atoms with Crippen molar-refractivity contribution < 1.29 is 18.8 Å². The van der Waals surface area contributed by atoms with Crippen LogP contribution in [0, 0.1) is 0 Å². The summed E-state index contributed by atoms with van der Waals surface area (Å²) in [6, 6.07) is 16.0. The van der Waals surface area contributed by atoms with Crippen LogP contribution in [-0.2, 0) is 17.8 Å². The summed E-state index contributed by atoms with van der Waals surface area (Å²) in [6.45, 7) is 2.82. The van der Waals surface area contributed by atoms with Gasteiger partial charge in [-0.15, -0.1) is 0 Å². The van der Waals surface area contributed by atoms with Crippen molar-refractivity contribution in [2.45, 2.75) is 26.3 Å². The van der Waals surface area contributed by atoms with Crippen molar-refractivity contribution in [3.05, 3.63) is 83.3 Å². The molecule has 0 atom stereocenters. The highest BCUT2D eigenvalue weighted by molar-refractivity contribution is 6.02. The number of amides is 3. The minimum atomic E-state index is -0.333. The number of nitrogens with one attached hydrogen (secondary N) is 2. The van der Waals surface area contributed by atoms with Crippen LogP contribution in [0.3, 0.4) is 0 Å². The zero-order valence-electron chi connectivity index (χ0n) is 17.2. The largest absolute Gasteiger partial charge is 0.459 e. The smallest absolute Gasteiger partial charge is 0.291 e. The van der Waals surface area contributed by atoms with Gasteiger partial charge in [0.25, 0.3) is 11.8 Å². The van der Waals surface area contributed by atoms with E-state index in [-0.39, 0.29) is 23.5 Å². The van der Waals surface area contributed by atoms with Crippen LogP contribution in [-0.4, -0.2) is 24.3 Å². The molecule has 7 heteroatoms. The van der Waals surface area contributed by atoms with Crippen LogP contribution in [0.15, 0.2) is 65.3 Å². The van der Waals surface area contributed by atoms with Gasteiger partial charge in [0, 0.05) is 36.4 Å². The van der Waals surface area contributed by atoms with E-state index in [1.54, 1.807) is 35.2 Å². The maximum Gasteiger partial charge on any atom is 0.291 e. The van der Waals surface area contributed by atoms with Crippen molar-refractivity contribution in [3.63, 3.8) is 0 Å². The molecule has 0 bridgehead atoms. The number of carbonyl (C=O) groups is 3. The van der Waals surface area contributed by atoms with Crippen LogP contribution in [0.2, 0.25) is 0 Å². The summed E-state index contributed by atoms with van der Waals surface area (Å²) >= 11 is 0. The Bertz CT molecular complexity index is 1120. The summed E-state index contributed by atoms with van der Waals surface area (Å²) < 4.78 is 5.09. The van der Waals surface area contributed by atoms with Crippen molar-refractivity contribution >= 4 is 29.1 Å². The van der Waals surface area contributed by atoms with E-state index in [0.29, 0.717) is 30.8 Å². The highest BCUT2D eigenvalue weighted by Gasteiger charge is 2.24. The van der Waals surface area contributed by atoms with Crippen molar-refractivity contribution in [2.75, 3.05) is 16.8 Å². The van der Waals surface area contributed by atoms with E-state index >= 15 is 0 Å². The van der Waals surface area contributed by atoms with Gasteiger partial charge < -0.3 is 20.0 Å². The molecule has 7 nitrogen and oxygen atoms in total. The van der Waals surface area contributed by atoms with Crippen LogP contribution < -0.4 is 15.5 Å². The van der Waals surface area contributed by atoms with E-state index in [0.717, 1.165) is 23.2 Å². The quantitative estimate of drug-likeness (QED) is 0.639. The molecule has 1 aromatic heterocycles. The van der Waals surface area contributed by atoms with Gasteiger partial charge in [0.1, 0.15) is 0 Å². The lowest BCUT2D eigenvalue weighted by Gasteiger charge is -2.16. The molecule has 0 radical (unpaired) electrons. The van der Waals surface area contributed by atoms with Gasteiger partial charge in [0.15, 0.2) is 5.76 Å². The van der Waals surface area contributed by atoms with Gasteiger partial charge in [-0.25, -0.2) is 0 Å². The fraction of sp³-hybridized carbons (Fsp3) is 0.208. The molecule has 0 fully saturated rings. The van der Waals surface area contributed by atoms with Gasteiger partial charge in [-0.05, 0) is 60.0 Å². The molecule has 0 unspecified atom stereocenters. The SMILES string of the molecule is CCC(=O)N1CCc2cc(C(=O)NCc3cccc(NC(=O)c4ccco4)c3)ccc21. The predicted molar refractivity (Wildman–Crippen MR) is 117 cm³/mol. The normalized spacial score (nSPS) is 12.4. The second-order valence-corrected chi connectivity index (χ2v) is 7.31. The predicted octanol–water partition coefficient (Wildman–Crippen LogP) is 3.76. The van der Waals surface area contributed by atoms with E-state index in [9.17, 15) is 14.4 Å². The third kappa shape index (κ3) is 4.50. The molecular weight excluding hydrogens is 394 g/mol. The maximum atomic E-state index is 12.6. The molecule has 3 aromatic rings. The average Bonchev–Trinajstić information content (AvgIpc) is 3.47. The maximum absolute atomic E-state index is 12.6. The Morgan fingerprint density at radius 1 is 1.03 bits per heavy atom. The number of rotatable bonds is 6. The van der Waals surface area contributed by atoms with Gasteiger partial charge in [0.2, 0.25) is 5.91 Å². The van der Waals surface area contributed by atoms with Crippen LogP contribution >= 0.6 is 0 Å². The second-order valence-electron chi connectivity index (χ2n) is 7.31. The molecule has 158 valence electrons. The molecule has 4 rings (SSSR count). The minimum absolute atomic E-state index is 0.0926. The Kier molecular flexibility index (Phi) is 5.84. The van der Waals surface area contributed by atoms with Gasteiger partial charge in [0.05, 0.1) is 6.26 Å². The first kappa shape index (κ1) is 20.4. The first-order valence-corrected chi connectivity index (χ1v) is 10.2. The Balaban J connectivity index is 1.38. The molecular formula is C24H23N3O4. The fourth-order valence-electron chi connectivity index (χ4n) is 3.64. The first-order valence-electron chi connectivity index (χ1n) is 10.2. The van der Waals surface area contributed by atoms with Crippen LogP contribution in [0.5, 0.6) is 0 Å². The van der Waals surface area contributed by atoms with Gasteiger partial charge >= 0.3 is 0 Å². The number of furan rings is 1. The topological polar surface area (TPSA) is 91.7 Å². The lowest BCUT2D eigenvalue weighted by molar-refractivity contribution is -0.118. The molecule has 1 aliphatic heterocycles. The zero-order valence-corrected chi connectivity index (χ0v) is 17.2.